The van der Waals surface area contributed by atoms with Gasteiger partial charge >= 0.3 is 0 Å². The van der Waals surface area contributed by atoms with E-state index in [1.807, 2.05) is 41.3 Å². The minimum atomic E-state index is -0.127. The number of nitrogens with zero attached hydrogens (tertiary/aromatic N) is 4. The van der Waals surface area contributed by atoms with Crippen molar-refractivity contribution in [2.75, 3.05) is 36.4 Å². The first-order chi connectivity index (χ1) is 14.4. The van der Waals surface area contributed by atoms with Crippen LogP contribution in [0.3, 0.4) is 0 Å². The Labute approximate surface area is 181 Å². The van der Waals surface area contributed by atoms with E-state index >= 15 is 0 Å². The molecule has 0 spiro atoms. The van der Waals surface area contributed by atoms with E-state index in [-0.39, 0.29) is 5.91 Å². The minimum absolute atomic E-state index is 0.127. The number of aromatic amines is 1. The van der Waals surface area contributed by atoms with Crippen molar-refractivity contribution in [3.63, 3.8) is 0 Å². The van der Waals surface area contributed by atoms with Gasteiger partial charge in [0.15, 0.2) is 11.5 Å². The first-order valence-corrected chi connectivity index (χ1v) is 10.4. The van der Waals surface area contributed by atoms with Crippen LogP contribution in [0.4, 0.5) is 17.2 Å². The maximum absolute atomic E-state index is 13.1. The average molecular weight is 425 g/mol. The van der Waals surface area contributed by atoms with E-state index in [9.17, 15) is 4.79 Å². The Hall–Kier alpha value is -3.06. The molecule has 4 rings (SSSR count). The van der Waals surface area contributed by atoms with Crippen LogP contribution >= 0.6 is 11.6 Å². The largest absolute Gasteiger partial charge is 0.368 e. The number of hydrogen-bond donors (Lipinski definition) is 2. The Balaban J connectivity index is 1.44. The Kier molecular flexibility index (Phi) is 5.63. The summed E-state index contributed by atoms with van der Waals surface area (Å²) in [6.45, 7) is 8.89. The normalized spacial score (nSPS) is 14.1. The molecule has 0 radical (unpaired) electrons. The Morgan fingerprint density at radius 1 is 0.967 bits per heavy atom. The Bertz CT molecular complexity index is 1070. The molecule has 156 valence electrons. The summed E-state index contributed by atoms with van der Waals surface area (Å²) in [6.07, 6.45) is 0. The molecule has 3 aromatic rings. The molecule has 0 unspecified atom stereocenters. The molecule has 0 bridgehead atoms. The van der Waals surface area contributed by atoms with E-state index in [1.54, 1.807) is 0 Å². The maximum Gasteiger partial charge on any atom is 0.278 e. The van der Waals surface area contributed by atoms with Crippen molar-refractivity contribution in [3.05, 3.63) is 63.8 Å². The number of anilines is 3. The summed E-state index contributed by atoms with van der Waals surface area (Å²) in [5, 5.41) is 14.8. The fourth-order valence-corrected chi connectivity index (χ4v) is 3.81. The van der Waals surface area contributed by atoms with Crippen LogP contribution < -0.4 is 10.2 Å². The molecule has 30 heavy (non-hydrogen) atoms. The van der Waals surface area contributed by atoms with Crippen molar-refractivity contribution >= 4 is 34.7 Å². The second kappa shape index (κ2) is 8.36. The SMILES string of the molecule is Cc1ccc(Nc2n[nH]nc2C(=O)N2CCN(c3cc(Cl)ccc3C)CC2)cc1C. The summed E-state index contributed by atoms with van der Waals surface area (Å²) < 4.78 is 0. The third-order valence-electron chi connectivity index (χ3n) is 5.60. The van der Waals surface area contributed by atoms with Crippen LogP contribution in [-0.2, 0) is 0 Å². The van der Waals surface area contributed by atoms with Crippen LogP contribution in [0.2, 0.25) is 5.02 Å². The van der Waals surface area contributed by atoms with Gasteiger partial charge < -0.3 is 15.1 Å². The fraction of sp³-hybridized carbons (Fsp3) is 0.318. The summed E-state index contributed by atoms with van der Waals surface area (Å²) in [7, 11) is 0. The van der Waals surface area contributed by atoms with Gasteiger partial charge in [-0.1, -0.05) is 23.7 Å². The number of rotatable bonds is 4. The monoisotopic (exact) mass is 424 g/mol. The molecule has 0 saturated carbocycles. The molecule has 1 fully saturated rings. The highest BCUT2D eigenvalue weighted by atomic mass is 35.5. The van der Waals surface area contributed by atoms with E-state index in [2.05, 4.69) is 46.4 Å². The number of piperazine rings is 1. The van der Waals surface area contributed by atoms with Gasteiger partial charge in [-0.15, -0.1) is 10.2 Å². The molecule has 1 aliphatic heterocycles. The van der Waals surface area contributed by atoms with Crippen molar-refractivity contribution in [1.82, 2.24) is 20.3 Å². The van der Waals surface area contributed by atoms with E-state index in [4.69, 9.17) is 11.6 Å². The molecule has 0 atom stereocenters. The minimum Gasteiger partial charge on any atom is -0.368 e. The lowest BCUT2D eigenvalue weighted by Crippen LogP contribution is -2.49. The Morgan fingerprint density at radius 3 is 2.43 bits per heavy atom. The number of halogens is 1. The average Bonchev–Trinajstić information content (AvgIpc) is 3.20. The molecule has 8 heteroatoms. The maximum atomic E-state index is 13.1. The summed E-state index contributed by atoms with van der Waals surface area (Å²) in [4.78, 5) is 17.2. The smallest absolute Gasteiger partial charge is 0.278 e. The zero-order valence-corrected chi connectivity index (χ0v) is 18.1. The van der Waals surface area contributed by atoms with Gasteiger partial charge in [0.2, 0.25) is 0 Å². The zero-order chi connectivity index (χ0) is 21.3. The lowest BCUT2D eigenvalue weighted by atomic mass is 10.1. The summed E-state index contributed by atoms with van der Waals surface area (Å²) in [5.41, 5.74) is 5.86. The first-order valence-electron chi connectivity index (χ1n) is 9.98. The van der Waals surface area contributed by atoms with Gasteiger partial charge in [-0.05, 0) is 61.7 Å². The van der Waals surface area contributed by atoms with E-state index in [1.165, 1.54) is 16.7 Å². The quantitative estimate of drug-likeness (QED) is 0.659. The van der Waals surface area contributed by atoms with Crippen LogP contribution in [-0.4, -0.2) is 52.4 Å². The van der Waals surface area contributed by atoms with E-state index in [0.29, 0.717) is 24.6 Å². The molecule has 1 saturated heterocycles. The number of carbonyl (C=O) groups excluding carboxylic acids is 1. The van der Waals surface area contributed by atoms with Crippen LogP contribution in [0.5, 0.6) is 0 Å². The third kappa shape index (κ3) is 4.11. The number of nitrogens with one attached hydrogen (secondary N) is 2. The van der Waals surface area contributed by atoms with Gasteiger partial charge in [-0.25, -0.2) is 0 Å². The van der Waals surface area contributed by atoms with E-state index in [0.717, 1.165) is 29.5 Å². The molecule has 2 heterocycles. The topological polar surface area (TPSA) is 77.1 Å². The lowest BCUT2D eigenvalue weighted by Gasteiger charge is -2.36. The molecule has 2 N–H and O–H groups in total. The van der Waals surface area contributed by atoms with Gasteiger partial charge in [-0.3, -0.25) is 4.79 Å². The molecule has 2 aromatic carbocycles. The number of aromatic nitrogens is 3. The van der Waals surface area contributed by atoms with Crippen LogP contribution in [0.25, 0.3) is 0 Å². The molecule has 1 amide bonds. The highest BCUT2D eigenvalue weighted by Gasteiger charge is 2.27. The molecular weight excluding hydrogens is 400 g/mol. The second-order valence-electron chi connectivity index (χ2n) is 7.65. The first kappa shape index (κ1) is 20.2. The zero-order valence-electron chi connectivity index (χ0n) is 17.4. The number of aryl methyl sites for hydroxylation is 3. The summed E-state index contributed by atoms with van der Waals surface area (Å²) >= 11 is 6.17. The van der Waals surface area contributed by atoms with Crippen molar-refractivity contribution in [2.24, 2.45) is 0 Å². The van der Waals surface area contributed by atoms with Gasteiger partial charge in [0.25, 0.3) is 5.91 Å². The van der Waals surface area contributed by atoms with Crippen LogP contribution in [0.15, 0.2) is 36.4 Å². The van der Waals surface area contributed by atoms with Gasteiger partial charge in [0, 0.05) is 42.6 Å². The van der Waals surface area contributed by atoms with Gasteiger partial charge in [0.05, 0.1) is 0 Å². The van der Waals surface area contributed by atoms with Crippen molar-refractivity contribution < 1.29 is 4.79 Å². The van der Waals surface area contributed by atoms with Crippen molar-refractivity contribution in [2.45, 2.75) is 20.8 Å². The van der Waals surface area contributed by atoms with Crippen molar-refractivity contribution in [3.8, 4) is 0 Å². The number of benzene rings is 2. The summed E-state index contributed by atoms with van der Waals surface area (Å²) in [6, 6.07) is 11.9. The van der Waals surface area contributed by atoms with Gasteiger partial charge in [0.1, 0.15) is 0 Å². The molecule has 1 aromatic heterocycles. The number of amides is 1. The molecule has 0 aliphatic carbocycles. The predicted molar refractivity (Wildman–Crippen MR) is 120 cm³/mol. The van der Waals surface area contributed by atoms with E-state index < -0.39 is 0 Å². The van der Waals surface area contributed by atoms with Crippen LogP contribution in [0.1, 0.15) is 27.2 Å². The molecule has 7 nitrogen and oxygen atoms in total. The third-order valence-corrected chi connectivity index (χ3v) is 5.83. The lowest BCUT2D eigenvalue weighted by molar-refractivity contribution is 0.0742. The summed E-state index contributed by atoms with van der Waals surface area (Å²) in [5.74, 6) is 0.314. The Morgan fingerprint density at radius 2 is 1.70 bits per heavy atom. The number of carbonyl (C=O) groups is 1. The highest BCUT2D eigenvalue weighted by molar-refractivity contribution is 6.30. The van der Waals surface area contributed by atoms with Gasteiger partial charge in [-0.2, -0.15) is 5.21 Å². The van der Waals surface area contributed by atoms with Crippen molar-refractivity contribution in [1.29, 1.82) is 0 Å². The fourth-order valence-electron chi connectivity index (χ4n) is 3.65. The predicted octanol–water partition coefficient (Wildman–Crippen LogP) is 4.09. The molecular formula is C22H25ClN6O. The number of hydrogen-bond acceptors (Lipinski definition) is 5. The highest BCUT2D eigenvalue weighted by Crippen LogP contribution is 2.26. The second-order valence-corrected chi connectivity index (χ2v) is 8.09. The van der Waals surface area contributed by atoms with Crippen LogP contribution in [0, 0.1) is 20.8 Å². The molecule has 1 aliphatic rings. The standard InChI is InChI=1S/C22H25ClN6O/c1-14-5-7-18(12-16(14)3)24-21-20(25-27-26-21)22(30)29-10-8-28(9-11-29)19-13-17(23)6-4-15(19)2/h4-7,12-13H,8-11H2,1-3H3,(H2,24,25,26,27). The number of H-pyrrole nitrogens is 1.